The Morgan fingerprint density at radius 2 is 1.69 bits per heavy atom. The summed E-state index contributed by atoms with van der Waals surface area (Å²) in [5, 5.41) is 6.55. The van der Waals surface area contributed by atoms with Crippen molar-refractivity contribution in [3.8, 4) is 0 Å². The van der Waals surface area contributed by atoms with Gasteiger partial charge in [0.1, 0.15) is 11.6 Å². The van der Waals surface area contributed by atoms with Crippen LogP contribution in [0.5, 0.6) is 0 Å². The molecule has 2 aromatic rings. The number of carbonyl (C=O) groups excluding carboxylic acids is 3. The third-order valence-corrected chi connectivity index (χ3v) is 7.39. The fourth-order valence-electron chi connectivity index (χ4n) is 5.77. The highest BCUT2D eigenvalue weighted by molar-refractivity contribution is 6.30. The summed E-state index contributed by atoms with van der Waals surface area (Å²) in [6.07, 6.45) is 3.64. The number of ether oxygens (including phenoxy) is 1. The Morgan fingerprint density at radius 1 is 1.03 bits per heavy atom. The van der Waals surface area contributed by atoms with Crippen molar-refractivity contribution in [3.05, 3.63) is 77.3 Å². The molecule has 0 radical (unpaired) electrons. The molecule has 7 nitrogen and oxygen atoms in total. The van der Waals surface area contributed by atoms with Crippen LogP contribution in [0.4, 0.5) is 5.69 Å². The number of nitrogens with one attached hydrogen (secondary N) is 2. The zero-order valence-corrected chi connectivity index (χ0v) is 21.5. The number of para-hydroxylation sites is 1. The molecule has 2 N–H and O–H groups in total. The molecule has 0 saturated carbocycles. The average molecular weight is 508 g/mol. The monoisotopic (exact) mass is 507 g/mol. The second kappa shape index (κ2) is 8.46. The maximum absolute atomic E-state index is 14.1. The summed E-state index contributed by atoms with van der Waals surface area (Å²) < 4.78 is 6.53. The van der Waals surface area contributed by atoms with E-state index in [-0.39, 0.29) is 24.3 Å². The lowest BCUT2D eigenvalue weighted by atomic mass is 9.70. The van der Waals surface area contributed by atoms with Crippen molar-refractivity contribution < 1.29 is 19.1 Å². The number of fused-ring (bicyclic) bond motifs is 1. The molecule has 1 spiro atoms. The maximum atomic E-state index is 14.1. The first kappa shape index (κ1) is 24.5. The van der Waals surface area contributed by atoms with E-state index in [4.69, 9.17) is 16.3 Å². The second-order valence-corrected chi connectivity index (χ2v) is 11.5. The van der Waals surface area contributed by atoms with E-state index in [0.29, 0.717) is 10.7 Å². The Morgan fingerprint density at radius 3 is 2.33 bits per heavy atom. The van der Waals surface area contributed by atoms with Gasteiger partial charge in [0.2, 0.25) is 17.7 Å². The number of amides is 3. The summed E-state index contributed by atoms with van der Waals surface area (Å²) in [7, 11) is 0. The van der Waals surface area contributed by atoms with Gasteiger partial charge in [-0.15, -0.1) is 0 Å². The second-order valence-electron chi connectivity index (χ2n) is 11.0. The number of benzene rings is 2. The lowest BCUT2D eigenvalue weighted by Gasteiger charge is -2.35. The Balaban J connectivity index is 1.54. The molecule has 3 aliphatic rings. The first-order valence-electron chi connectivity index (χ1n) is 12.1. The fourth-order valence-corrected chi connectivity index (χ4v) is 5.89. The van der Waals surface area contributed by atoms with Crippen LogP contribution in [-0.4, -0.2) is 45.4 Å². The van der Waals surface area contributed by atoms with Crippen molar-refractivity contribution in [1.82, 2.24) is 10.2 Å². The Hall–Kier alpha value is -3.16. The van der Waals surface area contributed by atoms with Gasteiger partial charge in [-0.25, -0.2) is 0 Å². The van der Waals surface area contributed by atoms with Crippen LogP contribution >= 0.6 is 11.6 Å². The summed E-state index contributed by atoms with van der Waals surface area (Å²) in [4.78, 5) is 42.9. The molecule has 36 heavy (non-hydrogen) atoms. The van der Waals surface area contributed by atoms with Gasteiger partial charge in [0.15, 0.2) is 0 Å². The number of hydrogen-bond acceptors (Lipinski definition) is 4. The van der Waals surface area contributed by atoms with E-state index < -0.39 is 34.6 Å². The molecule has 8 heteroatoms. The number of halogens is 1. The van der Waals surface area contributed by atoms with Crippen LogP contribution in [0.1, 0.15) is 33.3 Å². The first-order chi connectivity index (χ1) is 16.9. The van der Waals surface area contributed by atoms with Gasteiger partial charge in [-0.1, -0.05) is 54.1 Å². The fraction of sp³-hybridized carbons (Fsp3) is 0.393. The summed E-state index contributed by atoms with van der Waals surface area (Å²) in [5.41, 5.74) is -1.31. The van der Waals surface area contributed by atoms with E-state index in [2.05, 4.69) is 10.6 Å². The van der Waals surface area contributed by atoms with Gasteiger partial charge in [-0.3, -0.25) is 14.4 Å². The lowest BCUT2D eigenvalue weighted by Crippen LogP contribution is -2.57. The molecule has 2 saturated heterocycles. The molecule has 3 aliphatic heterocycles. The van der Waals surface area contributed by atoms with E-state index in [1.807, 2.05) is 63.3 Å². The normalized spacial score (nSPS) is 30.4. The minimum atomic E-state index is -1.24. The largest absolute Gasteiger partial charge is 0.356 e. The van der Waals surface area contributed by atoms with Crippen LogP contribution in [-0.2, 0) is 25.7 Å². The van der Waals surface area contributed by atoms with Gasteiger partial charge < -0.3 is 20.3 Å². The van der Waals surface area contributed by atoms with Crippen LogP contribution < -0.4 is 10.6 Å². The van der Waals surface area contributed by atoms with Crippen molar-refractivity contribution in [2.24, 2.45) is 11.8 Å². The van der Waals surface area contributed by atoms with E-state index in [9.17, 15) is 14.4 Å². The first-order valence-corrected chi connectivity index (χ1v) is 12.4. The lowest BCUT2D eigenvalue weighted by molar-refractivity contribution is -0.145. The highest BCUT2D eigenvalue weighted by atomic mass is 35.5. The van der Waals surface area contributed by atoms with Gasteiger partial charge in [0.05, 0.1) is 17.4 Å². The third kappa shape index (κ3) is 4.00. The summed E-state index contributed by atoms with van der Waals surface area (Å²) in [6, 6.07) is 15.3. The average Bonchev–Trinajstić information content (AvgIpc) is 3.36. The Kier molecular flexibility index (Phi) is 5.76. The Bertz CT molecular complexity index is 1240. The zero-order chi connectivity index (χ0) is 25.9. The summed E-state index contributed by atoms with van der Waals surface area (Å²) in [5.74, 6) is -2.53. The third-order valence-electron chi connectivity index (χ3n) is 7.13. The van der Waals surface area contributed by atoms with Crippen molar-refractivity contribution in [2.45, 2.75) is 57.0 Å². The van der Waals surface area contributed by atoms with Gasteiger partial charge in [-0.05, 0) is 57.5 Å². The predicted octanol–water partition coefficient (Wildman–Crippen LogP) is 3.93. The summed E-state index contributed by atoms with van der Waals surface area (Å²) >= 11 is 6.05. The molecule has 3 amide bonds. The number of rotatable bonds is 5. The van der Waals surface area contributed by atoms with Crippen LogP contribution in [0.15, 0.2) is 66.7 Å². The van der Waals surface area contributed by atoms with E-state index in [0.717, 1.165) is 5.56 Å². The van der Waals surface area contributed by atoms with Crippen molar-refractivity contribution in [1.29, 1.82) is 0 Å². The van der Waals surface area contributed by atoms with Gasteiger partial charge in [0, 0.05) is 22.8 Å². The van der Waals surface area contributed by atoms with Crippen molar-refractivity contribution in [3.63, 3.8) is 0 Å². The van der Waals surface area contributed by atoms with Crippen LogP contribution in [0.25, 0.3) is 0 Å². The molecule has 3 heterocycles. The van der Waals surface area contributed by atoms with Gasteiger partial charge in [-0.2, -0.15) is 0 Å². The molecule has 0 aliphatic carbocycles. The quantitative estimate of drug-likeness (QED) is 0.600. The molecule has 188 valence electrons. The summed E-state index contributed by atoms with van der Waals surface area (Å²) in [6.45, 7) is 7.67. The van der Waals surface area contributed by atoms with Gasteiger partial charge in [0.25, 0.3) is 0 Å². The highest BCUT2D eigenvalue weighted by Crippen LogP contribution is 2.60. The maximum Gasteiger partial charge on any atom is 0.246 e. The number of hydrogen-bond donors (Lipinski definition) is 2. The molecule has 5 atom stereocenters. The van der Waals surface area contributed by atoms with Crippen molar-refractivity contribution >= 4 is 35.0 Å². The number of nitrogens with zero attached hydrogens (tertiary/aromatic N) is 1. The topological polar surface area (TPSA) is 87.7 Å². The number of carbonyl (C=O) groups is 3. The molecular weight excluding hydrogens is 478 g/mol. The highest BCUT2D eigenvalue weighted by Gasteiger charge is 2.76. The smallest absolute Gasteiger partial charge is 0.246 e. The SMILES string of the molecule is CC(C)(C)NC(=O)[C@@H]1N(Cc2ccc(Cl)cc2)C(=O)[C@H]2[C@H](C(=O)Nc3ccccc3)[C@@]3(C)C=C[C@@]12O3. The molecule has 2 fully saturated rings. The number of anilines is 1. The Labute approximate surface area is 215 Å². The minimum Gasteiger partial charge on any atom is -0.356 e. The number of likely N-dealkylation sites (tertiary alicyclic amines) is 1. The van der Waals surface area contributed by atoms with E-state index in [1.165, 1.54) is 0 Å². The molecular formula is C28H30ClN3O4. The standard InChI is InChI=1S/C28H30ClN3O4/c1-26(2,3)31-24(34)22-28-15-14-27(4,36-28)20(23(33)30-19-8-6-5-7-9-19)21(28)25(35)32(22)16-17-10-12-18(29)13-11-17/h5-15,20-22H,16H2,1-4H3,(H,30,33)(H,31,34)/t20-,21-,22+,27-,28+/m1/s1. The molecule has 2 aromatic carbocycles. The molecule has 0 unspecified atom stereocenters. The van der Waals surface area contributed by atoms with E-state index >= 15 is 0 Å². The zero-order valence-electron chi connectivity index (χ0n) is 20.7. The van der Waals surface area contributed by atoms with Crippen LogP contribution in [0, 0.1) is 11.8 Å². The minimum absolute atomic E-state index is 0.192. The van der Waals surface area contributed by atoms with Gasteiger partial charge >= 0.3 is 0 Å². The van der Waals surface area contributed by atoms with E-state index in [1.54, 1.807) is 36.1 Å². The van der Waals surface area contributed by atoms with Crippen LogP contribution in [0.3, 0.4) is 0 Å². The molecule has 5 rings (SSSR count). The van der Waals surface area contributed by atoms with Crippen LogP contribution in [0.2, 0.25) is 5.02 Å². The van der Waals surface area contributed by atoms with Crippen molar-refractivity contribution in [2.75, 3.05) is 5.32 Å². The molecule has 0 aromatic heterocycles. The predicted molar refractivity (Wildman–Crippen MR) is 137 cm³/mol. The molecule has 2 bridgehead atoms.